The maximum Gasteiger partial charge on any atom is 0.472 e. The minimum Gasteiger partial charge on any atom is -0.462 e. The number of carbonyl (C=O) groups is 4. The second-order valence-electron chi connectivity index (χ2n) is 27.2. The van der Waals surface area contributed by atoms with E-state index in [9.17, 15) is 43.2 Å². The Morgan fingerprint density at radius 3 is 0.835 bits per heavy atom. The molecule has 19 heteroatoms. The molecule has 0 fully saturated rings. The highest BCUT2D eigenvalue weighted by molar-refractivity contribution is 7.47. The van der Waals surface area contributed by atoms with E-state index in [2.05, 4.69) is 48.5 Å². The number of unbranched alkanes of at least 4 members (excludes halogenated alkanes) is 37. The number of carbonyl (C=O) groups excluding carboxylic acids is 4. The highest BCUT2D eigenvalue weighted by Crippen LogP contribution is 2.45. The van der Waals surface area contributed by atoms with Crippen molar-refractivity contribution in [2.24, 2.45) is 17.8 Å². The lowest BCUT2D eigenvalue weighted by Gasteiger charge is -2.21. The molecule has 0 spiro atoms. The number of hydrogen-bond donors (Lipinski definition) is 3. The van der Waals surface area contributed by atoms with Crippen LogP contribution in [0.2, 0.25) is 0 Å². The summed E-state index contributed by atoms with van der Waals surface area (Å²) in [6, 6.07) is 0. The fourth-order valence-electron chi connectivity index (χ4n) is 10.9. The molecule has 91 heavy (non-hydrogen) atoms. The molecule has 0 heterocycles. The van der Waals surface area contributed by atoms with Crippen LogP contribution in [0.25, 0.3) is 0 Å². The van der Waals surface area contributed by atoms with Gasteiger partial charge in [0.25, 0.3) is 0 Å². The van der Waals surface area contributed by atoms with Crippen molar-refractivity contribution in [1.29, 1.82) is 0 Å². The van der Waals surface area contributed by atoms with Crippen LogP contribution in [-0.2, 0) is 65.4 Å². The van der Waals surface area contributed by atoms with Gasteiger partial charge in [-0.1, -0.05) is 312 Å². The third-order valence-electron chi connectivity index (χ3n) is 17.0. The number of ether oxygens (including phenoxy) is 4. The molecular weight excluding hydrogens is 1200 g/mol. The fraction of sp³-hybridized carbons (Fsp3) is 0.944. The number of aliphatic hydroxyl groups is 1. The average molecular weight is 1340 g/mol. The number of esters is 4. The topological polar surface area (TPSA) is 237 Å². The Bertz CT molecular complexity index is 1790. The van der Waals surface area contributed by atoms with Gasteiger partial charge in [0.1, 0.15) is 19.3 Å². The molecule has 0 saturated carbocycles. The zero-order valence-electron chi connectivity index (χ0n) is 59.3. The van der Waals surface area contributed by atoms with Gasteiger partial charge in [0.2, 0.25) is 0 Å². The Labute approximate surface area is 556 Å². The maximum absolute atomic E-state index is 13.0. The van der Waals surface area contributed by atoms with Gasteiger partial charge >= 0.3 is 39.5 Å². The normalized spacial score (nSPS) is 14.5. The molecule has 0 aliphatic heterocycles. The van der Waals surface area contributed by atoms with Gasteiger partial charge < -0.3 is 33.8 Å². The average Bonchev–Trinajstić information content (AvgIpc) is 3.35. The predicted octanol–water partition coefficient (Wildman–Crippen LogP) is 20.6. The smallest absolute Gasteiger partial charge is 0.462 e. The SMILES string of the molecule is CCCCCCCCCCCCCCCCCCCC(=O)O[C@H](COC(=O)CCCCCCCCCCCC(C)C)COP(=O)(O)OC[C@@H](O)COP(=O)(O)OC[C@@H](COC(=O)CCCCCCCCCC(C)C)OC(=O)CCCCCCCCCCC(C)CC. The summed E-state index contributed by atoms with van der Waals surface area (Å²) in [5.74, 6) is 0.0927. The standard InChI is InChI=1S/C72H140O17P2/c1-8-10-11-12-13-14-15-16-17-18-19-20-21-24-33-41-48-55-71(76)88-67(59-82-69(74)53-46-39-32-25-22-23-29-36-43-50-63(3)4)61-86-90(78,79)84-57-66(73)58-85-91(80,81)87-62-68(60-83-70(75)54-47-40-35-28-30-37-44-51-64(5)6)89-72(77)56-49-42-34-27-26-31-38-45-52-65(7)9-2/h63-68,73H,8-62H2,1-7H3,(H,78,79)(H,80,81)/t65?,66-,67-,68-/m1/s1. The molecule has 0 aliphatic rings. The van der Waals surface area contributed by atoms with Crippen LogP contribution in [0, 0.1) is 17.8 Å². The summed E-state index contributed by atoms with van der Waals surface area (Å²) in [5.41, 5.74) is 0. The van der Waals surface area contributed by atoms with E-state index in [1.807, 2.05) is 0 Å². The minimum atomic E-state index is -4.95. The second-order valence-corrected chi connectivity index (χ2v) is 30.1. The van der Waals surface area contributed by atoms with Crippen LogP contribution in [0.15, 0.2) is 0 Å². The summed E-state index contributed by atoms with van der Waals surface area (Å²) < 4.78 is 68.4. The highest BCUT2D eigenvalue weighted by atomic mass is 31.2. The molecule has 0 aromatic heterocycles. The van der Waals surface area contributed by atoms with E-state index in [1.165, 1.54) is 167 Å². The first kappa shape index (κ1) is 89.1. The Morgan fingerprint density at radius 1 is 0.319 bits per heavy atom. The van der Waals surface area contributed by atoms with E-state index in [4.69, 9.17) is 37.0 Å². The van der Waals surface area contributed by atoms with Crippen molar-refractivity contribution in [2.75, 3.05) is 39.6 Å². The lowest BCUT2D eigenvalue weighted by molar-refractivity contribution is -0.161. The van der Waals surface area contributed by atoms with Gasteiger partial charge in [-0.15, -0.1) is 0 Å². The van der Waals surface area contributed by atoms with Gasteiger partial charge in [0, 0.05) is 25.7 Å². The number of hydrogen-bond acceptors (Lipinski definition) is 15. The second kappa shape index (κ2) is 62.8. The molecule has 0 radical (unpaired) electrons. The van der Waals surface area contributed by atoms with Crippen molar-refractivity contribution in [1.82, 2.24) is 0 Å². The third kappa shape index (κ3) is 65.1. The summed E-state index contributed by atoms with van der Waals surface area (Å²) >= 11 is 0. The van der Waals surface area contributed by atoms with Gasteiger partial charge in [-0.2, -0.15) is 0 Å². The first-order valence-electron chi connectivity index (χ1n) is 37.4. The van der Waals surface area contributed by atoms with Crippen LogP contribution >= 0.6 is 15.6 Å². The van der Waals surface area contributed by atoms with Crippen molar-refractivity contribution in [3.63, 3.8) is 0 Å². The molecule has 0 rings (SSSR count). The molecular formula is C72H140O17P2. The van der Waals surface area contributed by atoms with Gasteiger partial charge in [-0.25, -0.2) is 9.13 Å². The Kier molecular flexibility index (Phi) is 61.5. The Hall–Kier alpha value is -1.94. The first-order valence-corrected chi connectivity index (χ1v) is 40.4. The Morgan fingerprint density at radius 2 is 0.560 bits per heavy atom. The van der Waals surface area contributed by atoms with Crippen LogP contribution < -0.4 is 0 Å². The molecule has 3 N–H and O–H groups in total. The molecule has 3 unspecified atom stereocenters. The summed E-state index contributed by atoms with van der Waals surface area (Å²) in [6.07, 6.45) is 47.2. The number of phosphoric acid groups is 2. The van der Waals surface area contributed by atoms with Gasteiger partial charge in [-0.05, 0) is 43.4 Å². The van der Waals surface area contributed by atoms with E-state index in [0.29, 0.717) is 31.6 Å². The molecule has 0 aromatic carbocycles. The van der Waals surface area contributed by atoms with Crippen molar-refractivity contribution < 1.29 is 80.2 Å². The van der Waals surface area contributed by atoms with Gasteiger partial charge in [0.05, 0.1) is 26.4 Å². The van der Waals surface area contributed by atoms with E-state index < -0.39 is 97.5 Å². The lowest BCUT2D eigenvalue weighted by Crippen LogP contribution is -2.30. The molecule has 17 nitrogen and oxygen atoms in total. The quantitative estimate of drug-likeness (QED) is 0.0222. The predicted molar refractivity (Wildman–Crippen MR) is 368 cm³/mol. The molecule has 0 bridgehead atoms. The fourth-order valence-corrected chi connectivity index (χ4v) is 12.4. The van der Waals surface area contributed by atoms with E-state index in [0.717, 1.165) is 108 Å². The van der Waals surface area contributed by atoms with E-state index >= 15 is 0 Å². The minimum absolute atomic E-state index is 0.104. The largest absolute Gasteiger partial charge is 0.472 e. The summed E-state index contributed by atoms with van der Waals surface area (Å²) in [4.78, 5) is 72.6. The maximum atomic E-state index is 13.0. The van der Waals surface area contributed by atoms with Crippen molar-refractivity contribution in [2.45, 2.75) is 381 Å². The lowest BCUT2D eigenvalue weighted by atomic mass is 9.99. The van der Waals surface area contributed by atoms with Crippen LogP contribution in [0.1, 0.15) is 363 Å². The summed E-state index contributed by atoms with van der Waals surface area (Å²) in [5, 5.41) is 10.6. The summed E-state index contributed by atoms with van der Waals surface area (Å²) in [6.45, 7) is 11.8. The molecule has 540 valence electrons. The van der Waals surface area contributed by atoms with E-state index in [-0.39, 0.29) is 25.7 Å². The third-order valence-corrected chi connectivity index (χ3v) is 18.9. The molecule has 0 aromatic rings. The van der Waals surface area contributed by atoms with Crippen molar-refractivity contribution in [3.05, 3.63) is 0 Å². The summed E-state index contributed by atoms with van der Waals surface area (Å²) in [7, 11) is -9.90. The monoisotopic (exact) mass is 1340 g/mol. The number of phosphoric ester groups is 2. The van der Waals surface area contributed by atoms with Gasteiger partial charge in [0.15, 0.2) is 12.2 Å². The van der Waals surface area contributed by atoms with Crippen LogP contribution in [0.5, 0.6) is 0 Å². The molecule has 6 atom stereocenters. The first-order chi connectivity index (χ1) is 43.8. The van der Waals surface area contributed by atoms with Crippen LogP contribution in [0.4, 0.5) is 0 Å². The van der Waals surface area contributed by atoms with Gasteiger partial charge in [-0.3, -0.25) is 37.3 Å². The number of rotatable bonds is 70. The highest BCUT2D eigenvalue weighted by Gasteiger charge is 2.30. The van der Waals surface area contributed by atoms with Crippen LogP contribution in [-0.4, -0.2) is 96.7 Å². The molecule has 0 saturated heterocycles. The number of aliphatic hydroxyl groups excluding tert-OH is 1. The Balaban J connectivity index is 5.25. The molecule has 0 amide bonds. The molecule has 0 aliphatic carbocycles. The zero-order chi connectivity index (χ0) is 67.3. The van der Waals surface area contributed by atoms with E-state index in [1.54, 1.807) is 0 Å². The zero-order valence-corrected chi connectivity index (χ0v) is 61.1. The van der Waals surface area contributed by atoms with Crippen molar-refractivity contribution in [3.8, 4) is 0 Å². The van der Waals surface area contributed by atoms with Crippen molar-refractivity contribution >= 4 is 39.5 Å². The van der Waals surface area contributed by atoms with Crippen LogP contribution in [0.3, 0.4) is 0 Å².